The lowest BCUT2D eigenvalue weighted by molar-refractivity contribution is 0.213. The molecule has 0 spiro atoms. The van der Waals surface area contributed by atoms with Crippen molar-refractivity contribution in [2.75, 3.05) is 0 Å². The lowest BCUT2D eigenvalue weighted by Gasteiger charge is -2.15. The Morgan fingerprint density at radius 3 is 2.37 bits per heavy atom. The molecular weight excluding hydrogens is 321 g/mol. The standard InChI is InChI=1S/C14H10BrF3O/c1-7-5-9(12(18)6-11(7)17)14(19)8-3-2-4-10(16)13(8)15/h2-6,14,19H,1H3. The van der Waals surface area contributed by atoms with Crippen molar-refractivity contribution in [1.82, 2.24) is 0 Å². The van der Waals surface area contributed by atoms with Gasteiger partial charge in [0.25, 0.3) is 0 Å². The molecule has 0 heterocycles. The summed E-state index contributed by atoms with van der Waals surface area (Å²) in [7, 11) is 0. The summed E-state index contributed by atoms with van der Waals surface area (Å²) in [5, 5.41) is 10.1. The van der Waals surface area contributed by atoms with Crippen LogP contribution in [0.3, 0.4) is 0 Å². The summed E-state index contributed by atoms with van der Waals surface area (Å²) in [6.45, 7) is 1.46. The number of hydrogen-bond donors (Lipinski definition) is 1. The first kappa shape index (κ1) is 14.1. The molecule has 19 heavy (non-hydrogen) atoms. The molecule has 1 N–H and O–H groups in total. The smallest absolute Gasteiger partial charge is 0.137 e. The number of benzene rings is 2. The van der Waals surface area contributed by atoms with Crippen molar-refractivity contribution in [3.8, 4) is 0 Å². The molecule has 1 unspecified atom stereocenters. The van der Waals surface area contributed by atoms with Crippen LogP contribution in [0.25, 0.3) is 0 Å². The van der Waals surface area contributed by atoms with Crippen molar-refractivity contribution in [2.45, 2.75) is 13.0 Å². The van der Waals surface area contributed by atoms with Crippen LogP contribution in [0.5, 0.6) is 0 Å². The summed E-state index contributed by atoms with van der Waals surface area (Å²) in [4.78, 5) is 0. The van der Waals surface area contributed by atoms with Gasteiger partial charge in [-0.1, -0.05) is 12.1 Å². The molecule has 0 saturated carbocycles. The summed E-state index contributed by atoms with van der Waals surface area (Å²) in [6.07, 6.45) is -1.37. The van der Waals surface area contributed by atoms with E-state index in [-0.39, 0.29) is 21.2 Å². The summed E-state index contributed by atoms with van der Waals surface area (Å²) in [5.74, 6) is -2.12. The monoisotopic (exact) mass is 330 g/mol. The van der Waals surface area contributed by atoms with Crippen molar-refractivity contribution in [3.63, 3.8) is 0 Å². The van der Waals surface area contributed by atoms with E-state index in [1.807, 2.05) is 0 Å². The maximum atomic E-state index is 13.7. The third-order valence-electron chi connectivity index (χ3n) is 2.85. The van der Waals surface area contributed by atoms with Gasteiger partial charge < -0.3 is 5.11 Å². The van der Waals surface area contributed by atoms with Crippen LogP contribution in [0, 0.1) is 24.4 Å². The molecule has 0 bridgehead atoms. The van der Waals surface area contributed by atoms with E-state index in [1.54, 1.807) is 0 Å². The van der Waals surface area contributed by atoms with Gasteiger partial charge in [0.1, 0.15) is 23.6 Å². The second-order valence-corrected chi connectivity index (χ2v) is 4.96. The van der Waals surface area contributed by atoms with Gasteiger partial charge in [-0.2, -0.15) is 0 Å². The molecule has 0 radical (unpaired) electrons. The van der Waals surface area contributed by atoms with E-state index in [2.05, 4.69) is 15.9 Å². The molecule has 0 fully saturated rings. The molecule has 100 valence electrons. The Hall–Kier alpha value is -1.33. The zero-order valence-electron chi connectivity index (χ0n) is 9.92. The third kappa shape index (κ3) is 2.67. The van der Waals surface area contributed by atoms with E-state index in [0.717, 1.165) is 0 Å². The number of aryl methyl sites for hydroxylation is 1. The molecule has 2 aromatic rings. The lowest BCUT2D eigenvalue weighted by atomic mass is 9.99. The quantitative estimate of drug-likeness (QED) is 0.872. The van der Waals surface area contributed by atoms with Crippen LogP contribution in [0.2, 0.25) is 0 Å². The first-order valence-electron chi connectivity index (χ1n) is 5.49. The minimum Gasteiger partial charge on any atom is -0.384 e. The summed E-state index contributed by atoms with van der Waals surface area (Å²) in [6, 6.07) is 6.02. The molecule has 0 aliphatic heterocycles. The fraction of sp³-hybridized carbons (Fsp3) is 0.143. The number of rotatable bonds is 2. The Bertz CT molecular complexity index is 628. The largest absolute Gasteiger partial charge is 0.384 e. The van der Waals surface area contributed by atoms with Crippen molar-refractivity contribution >= 4 is 15.9 Å². The van der Waals surface area contributed by atoms with Crippen LogP contribution in [-0.4, -0.2) is 5.11 Å². The molecule has 5 heteroatoms. The second-order valence-electron chi connectivity index (χ2n) is 4.17. The van der Waals surface area contributed by atoms with Gasteiger partial charge in [-0.05, 0) is 40.5 Å². The van der Waals surface area contributed by atoms with E-state index in [9.17, 15) is 18.3 Å². The topological polar surface area (TPSA) is 20.2 Å². The Labute approximate surface area is 116 Å². The minimum atomic E-state index is -1.37. The van der Waals surface area contributed by atoms with Gasteiger partial charge in [-0.15, -0.1) is 0 Å². The van der Waals surface area contributed by atoms with Gasteiger partial charge in [0.2, 0.25) is 0 Å². The summed E-state index contributed by atoms with van der Waals surface area (Å²) >= 11 is 3.00. The molecular formula is C14H10BrF3O. The van der Waals surface area contributed by atoms with Crippen LogP contribution < -0.4 is 0 Å². The van der Waals surface area contributed by atoms with Crippen molar-refractivity contribution in [3.05, 3.63) is 68.9 Å². The Morgan fingerprint density at radius 1 is 1.00 bits per heavy atom. The molecule has 0 aliphatic carbocycles. The molecule has 2 aromatic carbocycles. The number of aliphatic hydroxyl groups excluding tert-OH is 1. The van der Waals surface area contributed by atoms with Gasteiger partial charge in [-0.25, -0.2) is 13.2 Å². The summed E-state index contributed by atoms with van der Waals surface area (Å²) < 4.78 is 40.3. The van der Waals surface area contributed by atoms with Crippen LogP contribution in [0.15, 0.2) is 34.8 Å². The van der Waals surface area contributed by atoms with Crippen LogP contribution in [-0.2, 0) is 0 Å². The third-order valence-corrected chi connectivity index (χ3v) is 3.69. The van der Waals surface area contributed by atoms with Crippen LogP contribution in [0.1, 0.15) is 22.8 Å². The van der Waals surface area contributed by atoms with Gasteiger partial charge >= 0.3 is 0 Å². The molecule has 2 rings (SSSR count). The van der Waals surface area contributed by atoms with E-state index >= 15 is 0 Å². The molecule has 0 aliphatic rings. The van der Waals surface area contributed by atoms with Crippen molar-refractivity contribution in [1.29, 1.82) is 0 Å². The van der Waals surface area contributed by atoms with Gasteiger partial charge in [0.15, 0.2) is 0 Å². The van der Waals surface area contributed by atoms with Crippen LogP contribution >= 0.6 is 15.9 Å². The SMILES string of the molecule is Cc1cc(C(O)c2cccc(F)c2Br)c(F)cc1F. The fourth-order valence-corrected chi connectivity index (χ4v) is 2.27. The predicted molar refractivity (Wildman–Crippen MR) is 69.3 cm³/mol. The molecule has 0 saturated heterocycles. The number of aliphatic hydroxyl groups is 1. The molecule has 0 aromatic heterocycles. The maximum absolute atomic E-state index is 13.7. The zero-order chi connectivity index (χ0) is 14.2. The van der Waals surface area contributed by atoms with Gasteiger partial charge in [0.05, 0.1) is 4.47 Å². The number of hydrogen-bond acceptors (Lipinski definition) is 1. The molecule has 0 amide bonds. The fourth-order valence-electron chi connectivity index (χ4n) is 1.79. The van der Waals surface area contributed by atoms with Gasteiger partial charge in [-0.3, -0.25) is 0 Å². The highest BCUT2D eigenvalue weighted by atomic mass is 79.9. The minimum absolute atomic E-state index is 0.0591. The Kier molecular flexibility index (Phi) is 3.96. The number of halogens is 4. The van der Waals surface area contributed by atoms with E-state index in [0.29, 0.717) is 6.07 Å². The van der Waals surface area contributed by atoms with E-state index in [1.165, 1.54) is 31.2 Å². The second kappa shape index (κ2) is 5.35. The van der Waals surface area contributed by atoms with Gasteiger partial charge in [0, 0.05) is 17.2 Å². The highest BCUT2D eigenvalue weighted by molar-refractivity contribution is 9.10. The summed E-state index contributed by atoms with van der Waals surface area (Å²) in [5.41, 5.74) is 0.304. The first-order chi connectivity index (χ1) is 8.91. The lowest BCUT2D eigenvalue weighted by Crippen LogP contribution is -2.05. The Balaban J connectivity index is 2.53. The zero-order valence-corrected chi connectivity index (χ0v) is 11.5. The Morgan fingerprint density at radius 2 is 1.68 bits per heavy atom. The molecule has 1 nitrogen and oxygen atoms in total. The highest BCUT2D eigenvalue weighted by Crippen LogP contribution is 2.32. The normalized spacial score (nSPS) is 12.5. The van der Waals surface area contributed by atoms with E-state index in [4.69, 9.17) is 0 Å². The first-order valence-corrected chi connectivity index (χ1v) is 6.28. The maximum Gasteiger partial charge on any atom is 0.137 e. The molecule has 1 atom stereocenters. The highest BCUT2D eigenvalue weighted by Gasteiger charge is 2.20. The predicted octanol–water partition coefficient (Wildman–Crippen LogP) is 4.26. The van der Waals surface area contributed by atoms with Crippen molar-refractivity contribution < 1.29 is 18.3 Å². The van der Waals surface area contributed by atoms with Crippen LogP contribution in [0.4, 0.5) is 13.2 Å². The average Bonchev–Trinajstić information content (AvgIpc) is 2.36. The van der Waals surface area contributed by atoms with E-state index < -0.39 is 23.6 Å². The van der Waals surface area contributed by atoms with Crippen molar-refractivity contribution in [2.24, 2.45) is 0 Å². The average molecular weight is 331 g/mol.